The average molecular weight is 568 g/mol. The van der Waals surface area contributed by atoms with E-state index in [1.807, 2.05) is 0 Å². The van der Waals surface area contributed by atoms with Gasteiger partial charge in [0.2, 0.25) is 11.4 Å². The van der Waals surface area contributed by atoms with Gasteiger partial charge in [-0.25, -0.2) is 28.8 Å². The third-order valence-corrected chi connectivity index (χ3v) is 6.67. The number of carbonyl (C=O) groups excluding carboxylic acids is 7. The quantitative estimate of drug-likeness (QED) is 0.223. The molecule has 2 bridgehead atoms. The van der Waals surface area contributed by atoms with Gasteiger partial charge in [0.1, 0.15) is 11.1 Å². The fourth-order valence-corrected chi connectivity index (χ4v) is 5.16. The molecule has 16 heteroatoms. The van der Waals surface area contributed by atoms with E-state index in [0.717, 1.165) is 56.9 Å². The molecule has 0 spiro atoms. The van der Waals surface area contributed by atoms with Gasteiger partial charge in [0.15, 0.2) is 5.41 Å². The highest BCUT2D eigenvalue weighted by atomic mass is 16.7. The van der Waals surface area contributed by atoms with Crippen LogP contribution < -0.4 is 0 Å². The molecule has 3 aliphatic rings. The van der Waals surface area contributed by atoms with Crippen molar-refractivity contribution in [1.82, 2.24) is 0 Å². The molecule has 0 N–H and O–H groups in total. The molecular weight excluding hydrogens is 544 g/mol. The molecule has 16 nitrogen and oxygen atoms in total. The van der Waals surface area contributed by atoms with E-state index in [9.17, 15) is 33.6 Å². The van der Waals surface area contributed by atoms with Crippen LogP contribution in [0.1, 0.15) is 0 Å². The Morgan fingerprint density at radius 3 is 1.23 bits per heavy atom. The fourth-order valence-electron chi connectivity index (χ4n) is 5.16. The molecule has 0 aromatic heterocycles. The molecule has 1 aliphatic carbocycles. The van der Waals surface area contributed by atoms with Crippen LogP contribution in [0, 0.1) is 5.41 Å². The van der Waals surface area contributed by atoms with Gasteiger partial charge in [-0.3, -0.25) is 4.79 Å². The summed E-state index contributed by atoms with van der Waals surface area (Å²) < 4.78 is 45.1. The van der Waals surface area contributed by atoms with Crippen molar-refractivity contribution < 1.29 is 76.2 Å². The van der Waals surface area contributed by atoms with Gasteiger partial charge in [-0.15, -0.1) is 0 Å². The van der Waals surface area contributed by atoms with Gasteiger partial charge in [0.25, 0.3) is 0 Å². The molecule has 0 amide bonds. The highest BCUT2D eigenvalue weighted by Gasteiger charge is 2.84. The number of carbonyl (C=O) groups is 7. The Kier molecular flexibility index (Phi) is 7.64. The van der Waals surface area contributed by atoms with Crippen molar-refractivity contribution in [3.05, 3.63) is 33.4 Å². The number of rotatable bonds is 9. The Bertz CT molecular complexity index is 1320. The fraction of sp³-hybridized carbons (Fsp3) is 0.458. The third-order valence-electron chi connectivity index (χ3n) is 6.67. The van der Waals surface area contributed by atoms with Crippen molar-refractivity contribution >= 4 is 41.8 Å². The van der Waals surface area contributed by atoms with Gasteiger partial charge in [0.05, 0.1) is 66.5 Å². The maximum Gasteiger partial charge on any atom is 0.348 e. The van der Waals surface area contributed by atoms with E-state index >= 15 is 0 Å². The molecule has 0 fully saturated rings. The molecular formula is C24H24O16. The standard InChI is InChI=1S/C24H24O16/c1-32-15(25)9-10(16(26)33-2)22(9,20(30)37-6)14-13(19(29)36-5)23(21(31)38-7)11(17(27)34-3)12(18(28)35-4)24(14,39-8)40-23/h1-8H3/t23-,24+/m0/s1. The first-order valence-corrected chi connectivity index (χ1v) is 11.0. The number of fused-ring (bicyclic) bond motifs is 2. The lowest BCUT2D eigenvalue weighted by atomic mass is 9.68. The highest BCUT2D eigenvalue weighted by molar-refractivity contribution is 6.25. The monoisotopic (exact) mass is 568 g/mol. The molecule has 0 saturated carbocycles. The molecule has 2 aliphatic heterocycles. The first-order chi connectivity index (χ1) is 18.9. The number of ether oxygens (including phenoxy) is 9. The number of hydrogen-bond acceptors (Lipinski definition) is 16. The summed E-state index contributed by atoms with van der Waals surface area (Å²) in [5.41, 5.74) is -10.7. The van der Waals surface area contributed by atoms with Crippen LogP contribution in [0.25, 0.3) is 0 Å². The second-order valence-electron chi connectivity index (χ2n) is 8.05. The predicted octanol–water partition coefficient (Wildman–Crippen LogP) is -1.79. The summed E-state index contributed by atoms with van der Waals surface area (Å²) in [6, 6.07) is 0. The minimum atomic E-state index is -3.00. The zero-order valence-corrected chi connectivity index (χ0v) is 22.5. The van der Waals surface area contributed by atoms with E-state index in [1.165, 1.54) is 0 Å². The molecule has 0 aromatic rings. The molecule has 40 heavy (non-hydrogen) atoms. The number of hydrogen-bond donors (Lipinski definition) is 0. The van der Waals surface area contributed by atoms with Gasteiger partial charge in [-0.05, 0) is 0 Å². The van der Waals surface area contributed by atoms with Crippen molar-refractivity contribution in [1.29, 1.82) is 0 Å². The first-order valence-electron chi connectivity index (χ1n) is 11.0. The lowest BCUT2D eigenvalue weighted by Crippen LogP contribution is -2.49. The topological polar surface area (TPSA) is 203 Å². The van der Waals surface area contributed by atoms with Gasteiger partial charge in [-0.2, -0.15) is 0 Å². The van der Waals surface area contributed by atoms with Crippen molar-refractivity contribution in [3.63, 3.8) is 0 Å². The summed E-state index contributed by atoms with van der Waals surface area (Å²) in [6.07, 6.45) is 0. The molecule has 0 aromatic carbocycles. The first kappa shape index (κ1) is 30.0. The largest absolute Gasteiger partial charge is 0.468 e. The van der Waals surface area contributed by atoms with Crippen LogP contribution in [0.4, 0.5) is 0 Å². The van der Waals surface area contributed by atoms with Crippen molar-refractivity contribution in [2.75, 3.05) is 56.9 Å². The smallest absolute Gasteiger partial charge is 0.348 e. The average Bonchev–Trinajstić information content (AvgIpc) is 3.44. The van der Waals surface area contributed by atoms with Gasteiger partial charge >= 0.3 is 41.8 Å². The van der Waals surface area contributed by atoms with Crippen LogP contribution in [-0.4, -0.2) is 110 Å². The normalized spacial score (nSPS) is 23.8. The van der Waals surface area contributed by atoms with Crippen molar-refractivity contribution in [2.24, 2.45) is 5.41 Å². The van der Waals surface area contributed by atoms with Crippen LogP contribution in [-0.2, 0) is 76.2 Å². The minimum Gasteiger partial charge on any atom is -0.468 e. The van der Waals surface area contributed by atoms with Crippen LogP contribution in [0.15, 0.2) is 33.4 Å². The van der Waals surface area contributed by atoms with Gasteiger partial charge < -0.3 is 42.6 Å². The lowest BCUT2D eigenvalue weighted by Gasteiger charge is -2.34. The predicted molar refractivity (Wildman–Crippen MR) is 121 cm³/mol. The molecule has 2 heterocycles. The summed E-state index contributed by atoms with van der Waals surface area (Å²) in [5.74, 6) is -12.4. The van der Waals surface area contributed by atoms with Gasteiger partial charge in [0, 0.05) is 12.7 Å². The van der Waals surface area contributed by atoms with Crippen LogP contribution >= 0.6 is 0 Å². The van der Waals surface area contributed by atoms with E-state index in [4.69, 9.17) is 42.6 Å². The maximum atomic E-state index is 13.6. The summed E-state index contributed by atoms with van der Waals surface area (Å²) in [5, 5.41) is 0. The highest BCUT2D eigenvalue weighted by Crippen LogP contribution is 2.71. The molecule has 0 unspecified atom stereocenters. The minimum absolute atomic E-state index is 0.707. The van der Waals surface area contributed by atoms with Crippen molar-refractivity contribution in [3.8, 4) is 0 Å². The second-order valence-corrected chi connectivity index (χ2v) is 8.05. The Balaban J connectivity index is 2.69. The zero-order chi connectivity index (χ0) is 30.4. The Morgan fingerprint density at radius 1 is 0.475 bits per heavy atom. The Morgan fingerprint density at radius 2 is 0.850 bits per heavy atom. The lowest BCUT2D eigenvalue weighted by molar-refractivity contribution is -0.204. The molecule has 0 saturated heterocycles. The molecule has 216 valence electrons. The molecule has 2 atom stereocenters. The zero-order valence-electron chi connectivity index (χ0n) is 22.5. The maximum absolute atomic E-state index is 13.6. The van der Waals surface area contributed by atoms with Crippen LogP contribution in [0.2, 0.25) is 0 Å². The molecule has 0 radical (unpaired) electrons. The second kappa shape index (κ2) is 10.2. The number of esters is 7. The van der Waals surface area contributed by atoms with Gasteiger partial charge in [-0.1, -0.05) is 0 Å². The van der Waals surface area contributed by atoms with E-state index in [2.05, 4.69) is 0 Å². The number of methoxy groups -OCH3 is 8. The summed E-state index contributed by atoms with van der Waals surface area (Å²) >= 11 is 0. The van der Waals surface area contributed by atoms with E-state index in [0.29, 0.717) is 0 Å². The molecule has 3 rings (SSSR count). The van der Waals surface area contributed by atoms with Crippen LogP contribution in [0.5, 0.6) is 0 Å². The SMILES string of the molecule is COC(=O)C1=C(C(=O)OC)C1(C(=O)OC)C1=C(C(=O)OC)[C@@]2(C(=O)OC)O[C@]1(OC)C(C(=O)OC)=C2C(=O)OC. The van der Waals surface area contributed by atoms with E-state index < -0.39 is 92.0 Å². The summed E-state index contributed by atoms with van der Waals surface area (Å²) in [7, 11) is 7.17. The Hall–Kier alpha value is -4.57. The van der Waals surface area contributed by atoms with Crippen molar-refractivity contribution in [2.45, 2.75) is 11.4 Å². The van der Waals surface area contributed by atoms with Crippen LogP contribution in [0.3, 0.4) is 0 Å². The van der Waals surface area contributed by atoms with E-state index in [1.54, 1.807) is 0 Å². The summed E-state index contributed by atoms with van der Waals surface area (Å²) in [4.78, 5) is 92.7. The third kappa shape index (κ3) is 3.35. The van der Waals surface area contributed by atoms with E-state index in [-0.39, 0.29) is 0 Å². The summed E-state index contributed by atoms with van der Waals surface area (Å²) in [6.45, 7) is 0. The Labute approximate surface area is 225 Å².